The molecule has 1 aromatic heterocycles. The molecule has 0 spiro atoms. The van der Waals surface area contributed by atoms with Crippen LogP contribution in [-0.2, 0) is 30.5 Å². The van der Waals surface area contributed by atoms with Crippen LogP contribution in [0.15, 0.2) is 42.7 Å². The molecule has 47 heavy (non-hydrogen) atoms. The standard InChI is InChI=1S/C32H39FN6O8/c1-37-14-11-29(42)39-18-22(36-27(40)6-8-30(43)44)16-23(39)19-47-26-5-3-21(33)15-24(26)32(46)38(2)25(4-7-28(37)41)31(45)35-17-20-9-12-34-13-10-20/h3,5,9-10,12-13,15,22-23,25H,4,6-8,11,14,16-19H2,1-2H3,(H,35,45)(H,36,40)(H,43,44)/t22-,23+,25+/m1/s1. The van der Waals surface area contributed by atoms with Gasteiger partial charge in [0.15, 0.2) is 0 Å². The Hall–Kier alpha value is -5.08. The summed E-state index contributed by atoms with van der Waals surface area (Å²) in [4.78, 5) is 85.0. The van der Waals surface area contributed by atoms with Crippen molar-refractivity contribution in [2.24, 2.45) is 0 Å². The molecule has 1 aromatic carbocycles. The number of carboxylic acid groups (broad SMARTS) is 1. The van der Waals surface area contributed by atoms with Gasteiger partial charge < -0.3 is 35.2 Å². The highest BCUT2D eigenvalue weighted by molar-refractivity contribution is 5.99. The molecule has 0 unspecified atom stereocenters. The number of pyridine rings is 1. The van der Waals surface area contributed by atoms with Crippen LogP contribution in [0.1, 0.15) is 54.4 Å². The van der Waals surface area contributed by atoms with E-state index in [0.29, 0.717) is 0 Å². The molecule has 1 saturated heterocycles. The highest BCUT2D eigenvalue weighted by atomic mass is 19.1. The van der Waals surface area contributed by atoms with Gasteiger partial charge in [-0.2, -0.15) is 0 Å². The number of hydrogen-bond donors (Lipinski definition) is 3. The zero-order chi connectivity index (χ0) is 34.1. The van der Waals surface area contributed by atoms with Gasteiger partial charge in [0.2, 0.25) is 23.6 Å². The number of carbonyl (C=O) groups excluding carboxylic acids is 5. The zero-order valence-electron chi connectivity index (χ0n) is 26.3. The van der Waals surface area contributed by atoms with E-state index in [1.54, 1.807) is 31.6 Å². The highest BCUT2D eigenvalue weighted by Gasteiger charge is 2.37. The predicted molar refractivity (Wildman–Crippen MR) is 164 cm³/mol. The average molecular weight is 655 g/mol. The second-order valence-corrected chi connectivity index (χ2v) is 11.7. The summed E-state index contributed by atoms with van der Waals surface area (Å²) in [6.07, 6.45) is 2.72. The number of fused-ring (bicyclic) bond motifs is 2. The van der Waals surface area contributed by atoms with E-state index in [2.05, 4.69) is 15.6 Å². The normalized spacial score (nSPS) is 21.0. The number of amides is 5. The van der Waals surface area contributed by atoms with Crippen LogP contribution in [0.5, 0.6) is 5.75 Å². The Bertz CT molecular complexity index is 1490. The number of ether oxygens (including phenoxy) is 1. The fourth-order valence-electron chi connectivity index (χ4n) is 5.61. The number of rotatable bonds is 7. The van der Waals surface area contributed by atoms with E-state index in [1.807, 2.05) is 0 Å². The number of carbonyl (C=O) groups is 6. The lowest BCUT2D eigenvalue weighted by Crippen LogP contribution is -2.48. The summed E-state index contributed by atoms with van der Waals surface area (Å²) in [6, 6.07) is 4.75. The van der Waals surface area contributed by atoms with Crippen molar-refractivity contribution >= 4 is 35.5 Å². The predicted octanol–water partition coefficient (Wildman–Crippen LogP) is 0.949. The largest absolute Gasteiger partial charge is 0.491 e. The van der Waals surface area contributed by atoms with E-state index in [-0.39, 0.29) is 87.9 Å². The highest BCUT2D eigenvalue weighted by Crippen LogP contribution is 2.26. The smallest absolute Gasteiger partial charge is 0.303 e. The first-order chi connectivity index (χ1) is 22.4. The molecule has 1 fully saturated rings. The quantitative estimate of drug-likeness (QED) is 0.392. The van der Waals surface area contributed by atoms with Gasteiger partial charge in [-0.15, -0.1) is 0 Å². The van der Waals surface area contributed by atoms with Gasteiger partial charge in [-0.1, -0.05) is 0 Å². The maximum absolute atomic E-state index is 14.5. The van der Waals surface area contributed by atoms with E-state index in [4.69, 9.17) is 9.84 Å². The van der Waals surface area contributed by atoms with Crippen LogP contribution >= 0.6 is 0 Å². The number of nitrogens with one attached hydrogen (secondary N) is 2. The lowest BCUT2D eigenvalue weighted by molar-refractivity contribution is -0.139. The molecule has 0 radical (unpaired) electrons. The van der Waals surface area contributed by atoms with Crippen LogP contribution in [0.3, 0.4) is 0 Å². The van der Waals surface area contributed by atoms with Crippen molar-refractivity contribution in [1.29, 1.82) is 0 Å². The number of hydrogen-bond acceptors (Lipinski definition) is 8. The van der Waals surface area contributed by atoms with Gasteiger partial charge in [0, 0.05) is 71.4 Å². The number of carboxylic acids is 1. The van der Waals surface area contributed by atoms with Gasteiger partial charge in [0.25, 0.3) is 5.91 Å². The Labute approximate surface area is 271 Å². The molecule has 3 atom stereocenters. The molecule has 2 aromatic rings. The number of likely N-dealkylation sites (N-methyl/N-ethyl adjacent to an activating group) is 1. The van der Waals surface area contributed by atoms with Crippen molar-refractivity contribution in [1.82, 2.24) is 30.3 Å². The molecular weight excluding hydrogens is 615 g/mol. The van der Waals surface area contributed by atoms with E-state index in [0.717, 1.165) is 22.6 Å². The van der Waals surface area contributed by atoms with Gasteiger partial charge in [-0.05, 0) is 48.7 Å². The van der Waals surface area contributed by atoms with Gasteiger partial charge in [-0.25, -0.2) is 4.39 Å². The fourth-order valence-corrected chi connectivity index (χ4v) is 5.61. The summed E-state index contributed by atoms with van der Waals surface area (Å²) in [5.74, 6) is -4.11. The van der Waals surface area contributed by atoms with Gasteiger partial charge in [0.05, 0.1) is 18.0 Å². The summed E-state index contributed by atoms with van der Waals surface area (Å²) in [5, 5.41) is 14.5. The van der Waals surface area contributed by atoms with Crippen LogP contribution in [0.2, 0.25) is 0 Å². The maximum atomic E-state index is 14.5. The van der Waals surface area contributed by atoms with Crippen LogP contribution in [0.25, 0.3) is 0 Å². The molecule has 252 valence electrons. The lowest BCUT2D eigenvalue weighted by atomic mass is 10.1. The van der Waals surface area contributed by atoms with E-state index in [9.17, 15) is 33.2 Å². The number of benzene rings is 1. The van der Waals surface area contributed by atoms with Crippen molar-refractivity contribution in [3.8, 4) is 5.75 Å². The summed E-state index contributed by atoms with van der Waals surface area (Å²) >= 11 is 0. The molecule has 0 bridgehead atoms. The number of halogens is 1. The van der Waals surface area contributed by atoms with Crippen molar-refractivity contribution in [2.75, 3.05) is 33.8 Å². The van der Waals surface area contributed by atoms with E-state index in [1.165, 1.54) is 22.9 Å². The molecule has 0 saturated carbocycles. The Balaban J connectivity index is 1.59. The Morgan fingerprint density at radius 1 is 1.04 bits per heavy atom. The van der Waals surface area contributed by atoms with E-state index < -0.39 is 47.6 Å². The van der Waals surface area contributed by atoms with Crippen molar-refractivity contribution < 1.29 is 43.0 Å². The molecule has 14 nitrogen and oxygen atoms in total. The minimum atomic E-state index is -1.11. The molecule has 0 aliphatic carbocycles. The van der Waals surface area contributed by atoms with Crippen molar-refractivity contribution in [2.45, 2.75) is 63.2 Å². The van der Waals surface area contributed by atoms with Crippen LogP contribution in [-0.4, -0.2) is 112 Å². The van der Waals surface area contributed by atoms with Crippen molar-refractivity contribution in [3.63, 3.8) is 0 Å². The summed E-state index contributed by atoms with van der Waals surface area (Å²) in [5.41, 5.74) is 0.629. The molecule has 15 heteroatoms. The molecule has 3 N–H and O–H groups in total. The van der Waals surface area contributed by atoms with Crippen LogP contribution in [0, 0.1) is 5.82 Å². The third kappa shape index (κ3) is 9.47. The minimum absolute atomic E-state index is 0.0194. The topological polar surface area (TPSA) is 179 Å². The number of aromatic nitrogens is 1. The molecule has 3 heterocycles. The molecular formula is C32H39FN6O8. The third-order valence-corrected chi connectivity index (χ3v) is 8.29. The Morgan fingerprint density at radius 2 is 1.79 bits per heavy atom. The van der Waals surface area contributed by atoms with Gasteiger partial charge in [-0.3, -0.25) is 33.8 Å². The van der Waals surface area contributed by atoms with Gasteiger partial charge in [0.1, 0.15) is 24.2 Å². The first kappa shape index (κ1) is 34.8. The fraction of sp³-hybridized carbons (Fsp3) is 0.469. The molecule has 2 aliphatic heterocycles. The third-order valence-electron chi connectivity index (χ3n) is 8.29. The summed E-state index contributed by atoms with van der Waals surface area (Å²) in [7, 11) is 2.95. The first-order valence-corrected chi connectivity index (χ1v) is 15.3. The summed E-state index contributed by atoms with van der Waals surface area (Å²) < 4.78 is 20.5. The SMILES string of the molecule is CN1CCC(=O)N2C[C@H](NC(=O)CCC(=O)O)C[C@H]2COc2ccc(F)cc2C(=O)N(C)[C@H](C(=O)NCc2ccncc2)CCC1=O. The second-order valence-electron chi connectivity index (χ2n) is 11.7. The monoisotopic (exact) mass is 654 g/mol. The Kier molecular flexibility index (Phi) is 11.8. The minimum Gasteiger partial charge on any atom is -0.491 e. The van der Waals surface area contributed by atoms with Crippen molar-refractivity contribution in [3.05, 3.63) is 59.7 Å². The first-order valence-electron chi connectivity index (χ1n) is 15.3. The number of nitrogens with zero attached hydrogens (tertiary/aromatic N) is 4. The maximum Gasteiger partial charge on any atom is 0.303 e. The van der Waals surface area contributed by atoms with Crippen LogP contribution < -0.4 is 15.4 Å². The second kappa shape index (κ2) is 16.0. The van der Waals surface area contributed by atoms with Gasteiger partial charge >= 0.3 is 5.97 Å². The lowest BCUT2D eigenvalue weighted by Gasteiger charge is -2.30. The molecule has 4 rings (SSSR count). The molecule has 5 amide bonds. The molecule has 2 aliphatic rings. The average Bonchev–Trinajstić information content (AvgIpc) is 3.46. The summed E-state index contributed by atoms with van der Waals surface area (Å²) in [6.45, 7) is 0.279. The number of aliphatic carboxylic acids is 1. The van der Waals surface area contributed by atoms with E-state index >= 15 is 0 Å². The zero-order valence-corrected chi connectivity index (χ0v) is 26.3. The Morgan fingerprint density at radius 3 is 2.51 bits per heavy atom. The van der Waals surface area contributed by atoms with Crippen LogP contribution in [0.4, 0.5) is 4.39 Å².